The minimum absolute atomic E-state index is 0.367. The van der Waals surface area contributed by atoms with Crippen LogP contribution in [0.1, 0.15) is 5.56 Å². The SMILES string of the molecule is N#CCc1ccc(Nc2ncc3ccccc3n2)c(-c2ccc3[nH]ccc3c2)c1. The molecule has 5 rings (SSSR count). The highest BCUT2D eigenvalue weighted by Crippen LogP contribution is 2.33. The maximum atomic E-state index is 9.11. The van der Waals surface area contributed by atoms with E-state index < -0.39 is 0 Å². The van der Waals surface area contributed by atoms with Crippen molar-refractivity contribution in [2.45, 2.75) is 6.42 Å². The molecule has 0 saturated carbocycles. The summed E-state index contributed by atoms with van der Waals surface area (Å²) in [6.07, 6.45) is 4.12. The number of hydrogen-bond donors (Lipinski definition) is 2. The molecule has 0 aliphatic rings. The molecular weight excluding hydrogens is 358 g/mol. The van der Waals surface area contributed by atoms with Crippen LogP contribution in [0.3, 0.4) is 0 Å². The monoisotopic (exact) mass is 375 g/mol. The zero-order valence-electron chi connectivity index (χ0n) is 15.6. The van der Waals surface area contributed by atoms with Crippen LogP contribution < -0.4 is 5.32 Å². The lowest BCUT2D eigenvalue weighted by Gasteiger charge is -2.13. The molecule has 2 heterocycles. The number of aromatic nitrogens is 3. The summed E-state index contributed by atoms with van der Waals surface area (Å²) in [5.74, 6) is 0.542. The Bertz CT molecular complexity index is 1380. The molecule has 0 spiro atoms. The zero-order valence-corrected chi connectivity index (χ0v) is 15.6. The van der Waals surface area contributed by atoms with Crippen molar-refractivity contribution in [1.82, 2.24) is 15.0 Å². The van der Waals surface area contributed by atoms with Gasteiger partial charge < -0.3 is 10.3 Å². The maximum Gasteiger partial charge on any atom is 0.227 e. The van der Waals surface area contributed by atoms with Gasteiger partial charge >= 0.3 is 0 Å². The lowest BCUT2D eigenvalue weighted by Crippen LogP contribution is -1.99. The fourth-order valence-corrected chi connectivity index (χ4v) is 3.51. The largest absolute Gasteiger partial charge is 0.361 e. The second kappa shape index (κ2) is 7.10. The van der Waals surface area contributed by atoms with Gasteiger partial charge in [0.1, 0.15) is 0 Å². The van der Waals surface area contributed by atoms with Crippen LogP contribution in [0.4, 0.5) is 11.6 Å². The number of fused-ring (bicyclic) bond motifs is 2. The number of benzene rings is 3. The van der Waals surface area contributed by atoms with Crippen molar-refractivity contribution in [2.24, 2.45) is 0 Å². The molecule has 0 atom stereocenters. The molecule has 2 N–H and O–H groups in total. The minimum Gasteiger partial charge on any atom is -0.361 e. The van der Waals surface area contributed by atoms with Crippen molar-refractivity contribution in [3.05, 3.63) is 84.7 Å². The van der Waals surface area contributed by atoms with Crippen LogP contribution in [0.2, 0.25) is 0 Å². The second-order valence-corrected chi connectivity index (χ2v) is 6.87. The van der Waals surface area contributed by atoms with Crippen molar-refractivity contribution < 1.29 is 0 Å². The molecule has 0 unspecified atom stereocenters. The molecule has 5 nitrogen and oxygen atoms in total. The van der Waals surface area contributed by atoms with E-state index in [2.05, 4.69) is 56.7 Å². The van der Waals surface area contributed by atoms with E-state index in [9.17, 15) is 0 Å². The molecule has 0 bridgehead atoms. The third-order valence-corrected chi connectivity index (χ3v) is 4.97. The first-order valence-electron chi connectivity index (χ1n) is 9.36. The molecule has 5 aromatic rings. The van der Waals surface area contributed by atoms with E-state index in [0.29, 0.717) is 12.4 Å². The predicted molar refractivity (Wildman–Crippen MR) is 116 cm³/mol. The van der Waals surface area contributed by atoms with E-state index in [1.807, 2.05) is 48.8 Å². The lowest BCUT2D eigenvalue weighted by molar-refractivity contribution is 1.21. The molecule has 0 fully saturated rings. The van der Waals surface area contributed by atoms with Gasteiger partial charge in [-0.1, -0.05) is 30.3 Å². The highest BCUT2D eigenvalue weighted by molar-refractivity contribution is 5.89. The number of para-hydroxylation sites is 1. The summed E-state index contributed by atoms with van der Waals surface area (Å²) in [6.45, 7) is 0. The molecule has 2 aromatic heterocycles. The number of H-pyrrole nitrogens is 1. The molecule has 0 saturated heterocycles. The maximum absolute atomic E-state index is 9.11. The number of aromatic amines is 1. The molecule has 0 amide bonds. The fourth-order valence-electron chi connectivity index (χ4n) is 3.51. The van der Waals surface area contributed by atoms with Crippen molar-refractivity contribution in [3.8, 4) is 17.2 Å². The highest BCUT2D eigenvalue weighted by atomic mass is 15.1. The number of hydrogen-bond acceptors (Lipinski definition) is 4. The number of nitrogens with zero attached hydrogens (tertiary/aromatic N) is 3. The van der Waals surface area contributed by atoms with E-state index in [4.69, 9.17) is 5.26 Å². The third-order valence-electron chi connectivity index (χ3n) is 4.97. The number of nitrogens with one attached hydrogen (secondary N) is 2. The summed E-state index contributed by atoms with van der Waals surface area (Å²) < 4.78 is 0. The Kier molecular flexibility index (Phi) is 4.15. The van der Waals surface area contributed by atoms with E-state index >= 15 is 0 Å². The van der Waals surface area contributed by atoms with Gasteiger partial charge in [0.15, 0.2) is 0 Å². The van der Waals surface area contributed by atoms with Crippen LogP contribution in [0.15, 0.2) is 79.1 Å². The van der Waals surface area contributed by atoms with E-state index in [1.54, 1.807) is 0 Å². The van der Waals surface area contributed by atoms with Crippen LogP contribution in [-0.4, -0.2) is 15.0 Å². The number of anilines is 2. The predicted octanol–water partition coefficient (Wildman–Crippen LogP) is 5.59. The smallest absolute Gasteiger partial charge is 0.227 e. The van der Waals surface area contributed by atoms with Gasteiger partial charge in [-0.05, 0) is 52.9 Å². The minimum atomic E-state index is 0.367. The first kappa shape index (κ1) is 17.0. The van der Waals surface area contributed by atoms with Gasteiger partial charge in [0.05, 0.1) is 18.0 Å². The Hall–Kier alpha value is -4.17. The highest BCUT2D eigenvalue weighted by Gasteiger charge is 2.10. The molecule has 138 valence electrons. The fraction of sp³-hybridized carbons (Fsp3) is 0.0417. The van der Waals surface area contributed by atoms with Crippen molar-refractivity contribution >= 4 is 33.4 Å². The van der Waals surface area contributed by atoms with E-state index in [-0.39, 0.29) is 0 Å². The second-order valence-electron chi connectivity index (χ2n) is 6.87. The molecule has 5 heteroatoms. The Balaban J connectivity index is 1.60. The van der Waals surface area contributed by atoms with E-state index in [1.165, 1.54) is 0 Å². The Morgan fingerprint density at radius 2 is 1.90 bits per heavy atom. The summed E-state index contributed by atoms with van der Waals surface area (Å²) in [6, 6.07) is 24.5. The normalized spacial score (nSPS) is 10.9. The molecular formula is C24H17N5. The van der Waals surface area contributed by atoms with Gasteiger partial charge in [0.25, 0.3) is 0 Å². The molecule has 29 heavy (non-hydrogen) atoms. The molecule has 0 aliphatic carbocycles. The standard InChI is InChI=1S/C24H17N5/c25-11-9-16-5-7-23(29-24-27-15-19-3-1-2-4-22(19)28-24)20(13-16)17-6-8-21-18(14-17)10-12-26-21/h1-8,10,12-15,26H,9H2,(H,27,28,29). The molecule has 0 radical (unpaired) electrons. The van der Waals surface area contributed by atoms with Gasteiger partial charge in [-0.25, -0.2) is 9.97 Å². The summed E-state index contributed by atoms with van der Waals surface area (Å²) in [7, 11) is 0. The Labute approximate surface area is 167 Å². The van der Waals surface area contributed by atoms with Gasteiger partial charge in [-0.3, -0.25) is 0 Å². The van der Waals surface area contributed by atoms with Crippen LogP contribution in [0.5, 0.6) is 0 Å². The van der Waals surface area contributed by atoms with Gasteiger partial charge in [-0.2, -0.15) is 5.26 Å². The first-order valence-corrected chi connectivity index (χ1v) is 9.36. The van der Waals surface area contributed by atoms with Gasteiger partial charge in [0, 0.05) is 34.5 Å². The molecule has 3 aromatic carbocycles. The summed E-state index contributed by atoms with van der Waals surface area (Å²) >= 11 is 0. The van der Waals surface area contributed by atoms with Crippen LogP contribution in [-0.2, 0) is 6.42 Å². The average molecular weight is 375 g/mol. The summed E-state index contributed by atoms with van der Waals surface area (Å²) in [5.41, 5.74) is 5.94. The van der Waals surface area contributed by atoms with Crippen molar-refractivity contribution in [1.29, 1.82) is 5.26 Å². The average Bonchev–Trinajstić information content (AvgIpc) is 3.23. The molecule has 0 aliphatic heterocycles. The Morgan fingerprint density at radius 1 is 0.966 bits per heavy atom. The zero-order chi connectivity index (χ0) is 19.6. The van der Waals surface area contributed by atoms with Gasteiger partial charge in [-0.15, -0.1) is 0 Å². The van der Waals surface area contributed by atoms with E-state index in [0.717, 1.165) is 44.2 Å². The van der Waals surface area contributed by atoms with Gasteiger partial charge in [0.2, 0.25) is 5.95 Å². The van der Waals surface area contributed by atoms with Crippen LogP contribution >= 0.6 is 0 Å². The topological polar surface area (TPSA) is 77.4 Å². The summed E-state index contributed by atoms with van der Waals surface area (Å²) in [5, 5.41) is 14.6. The number of rotatable bonds is 4. The van der Waals surface area contributed by atoms with Crippen LogP contribution in [0.25, 0.3) is 32.9 Å². The van der Waals surface area contributed by atoms with Crippen molar-refractivity contribution in [2.75, 3.05) is 5.32 Å². The first-order chi connectivity index (χ1) is 14.3. The quantitative estimate of drug-likeness (QED) is 0.429. The third kappa shape index (κ3) is 3.28. The number of nitriles is 1. The lowest BCUT2D eigenvalue weighted by atomic mass is 9.98. The van der Waals surface area contributed by atoms with Crippen molar-refractivity contribution in [3.63, 3.8) is 0 Å². The Morgan fingerprint density at radius 3 is 2.83 bits per heavy atom. The summed E-state index contributed by atoms with van der Waals surface area (Å²) in [4.78, 5) is 12.3. The van der Waals surface area contributed by atoms with Crippen LogP contribution in [0, 0.1) is 11.3 Å².